The minimum absolute atomic E-state index is 0.0959. The molecule has 0 saturated carbocycles. The number of hydrogen-bond acceptors (Lipinski definition) is 3. The molecule has 0 saturated heterocycles. The highest BCUT2D eigenvalue weighted by Crippen LogP contribution is 2.24. The van der Waals surface area contributed by atoms with Crippen molar-refractivity contribution >= 4 is 5.91 Å². The third-order valence-corrected chi connectivity index (χ3v) is 5.56. The standard InChI is InChI=1S/C26H34N4O/c1-18(2)29(19(3)4)16-15-27-26(31)24-17-30(23-13-9-21(6)10-14-23)28-25(24)22-11-7-20(5)8-12-22/h7-14,17-19H,15-16H2,1-6H3,(H,27,31). The van der Waals surface area contributed by atoms with E-state index in [0.29, 0.717) is 29.9 Å². The summed E-state index contributed by atoms with van der Waals surface area (Å²) in [5.41, 5.74) is 5.52. The number of rotatable bonds is 8. The van der Waals surface area contributed by atoms with E-state index in [1.807, 2.05) is 42.6 Å². The van der Waals surface area contributed by atoms with Crippen LogP contribution in [0.5, 0.6) is 0 Å². The van der Waals surface area contributed by atoms with Gasteiger partial charge in [-0.3, -0.25) is 9.69 Å². The predicted molar refractivity (Wildman–Crippen MR) is 128 cm³/mol. The number of nitrogens with one attached hydrogen (secondary N) is 1. The van der Waals surface area contributed by atoms with Crippen molar-refractivity contribution in [3.8, 4) is 16.9 Å². The maximum atomic E-state index is 13.1. The zero-order chi connectivity index (χ0) is 22.5. The average molecular weight is 419 g/mol. The molecular weight excluding hydrogens is 384 g/mol. The lowest BCUT2D eigenvalue weighted by Gasteiger charge is -2.30. The molecule has 31 heavy (non-hydrogen) atoms. The van der Waals surface area contributed by atoms with E-state index >= 15 is 0 Å². The van der Waals surface area contributed by atoms with E-state index in [1.54, 1.807) is 4.68 Å². The van der Waals surface area contributed by atoms with Crippen molar-refractivity contribution < 1.29 is 4.79 Å². The topological polar surface area (TPSA) is 50.2 Å². The predicted octanol–water partition coefficient (Wildman–Crippen LogP) is 5.00. The third kappa shape index (κ3) is 5.61. The second kappa shape index (κ2) is 9.92. The Morgan fingerprint density at radius 2 is 1.48 bits per heavy atom. The average Bonchev–Trinajstić information content (AvgIpc) is 3.17. The lowest BCUT2D eigenvalue weighted by Crippen LogP contribution is -2.42. The van der Waals surface area contributed by atoms with Crippen LogP contribution in [0.15, 0.2) is 54.7 Å². The molecule has 0 aliphatic rings. The van der Waals surface area contributed by atoms with Crippen molar-refractivity contribution in [1.82, 2.24) is 20.0 Å². The number of benzene rings is 2. The van der Waals surface area contributed by atoms with E-state index in [0.717, 1.165) is 17.8 Å². The van der Waals surface area contributed by atoms with Crippen molar-refractivity contribution in [2.24, 2.45) is 0 Å². The number of amides is 1. The molecule has 2 aromatic carbocycles. The molecule has 0 atom stereocenters. The highest BCUT2D eigenvalue weighted by molar-refractivity contribution is 5.99. The Kier molecular flexibility index (Phi) is 7.29. The molecule has 164 valence electrons. The second-order valence-electron chi connectivity index (χ2n) is 8.72. The van der Waals surface area contributed by atoms with E-state index in [4.69, 9.17) is 5.10 Å². The highest BCUT2D eigenvalue weighted by Gasteiger charge is 2.19. The molecule has 1 N–H and O–H groups in total. The highest BCUT2D eigenvalue weighted by atomic mass is 16.1. The lowest BCUT2D eigenvalue weighted by molar-refractivity contribution is 0.0940. The molecule has 1 amide bonds. The van der Waals surface area contributed by atoms with E-state index in [2.05, 4.69) is 63.9 Å². The first-order chi connectivity index (χ1) is 14.8. The molecule has 0 unspecified atom stereocenters. The Morgan fingerprint density at radius 1 is 0.935 bits per heavy atom. The fourth-order valence-corrected chi connectivity index (χ4v) is 3.80. The van der Waals surface area contributed by atoms with Gasteiger partial charge in [0.25, 0.3) is 5.91 Å². The molecule has 0 fully saturated rings. The van der Waals surface area contributed by atoms with Crippen LogP contribution < -0.4 is 5.32 Å². The summed E-state index contributed by atoms with van der Waals surface area (Å²) in [6.07, 6.45) is 1.83. The summed E-state index contributed by atoms with van der Waals surface area (Å²) >= 11 is 0. The molecule has 0 aliphatic heterocycles. The number of carbonyl (C=O) groups excluding carboxylic acids is 1. The van der Waals surface area contributed by atoms with Gasteiger partial charge in [0.2, 0.25) is 0 Å². The van der Waals surface area contributed by atoms with Gasteiger partial charge in [-0.05, 0) is 53.7 Å². The summed E-state index contributed by atoms with van der Waals surface area (Å²) in [7, 11) is 0. The Balaban J connectivity index is 1.87. The van der Waals surface area contributed by atoms with Gasteiger partial charge >= 0.3 is 0 Å². The number of aryl methyl sites for hydroxylation is 2. The fraction of sp³-hybridized carbons (Fsp3) is 0.385. The van der Waals surface area contributed by atoms with E-state index in [1.165, 1.54) is 11.1 Å². The zero-order valence-electron chi connectivity index (χ0n) is 19.5. The van der Waals surface area contributed by atoms with Crippen molar-refractivity contribution in [3.05, 3.63) is 71.4 Å². The molecule has 0 aliphatic carbocycles. The summed E-state index contributed by atoms with van der Waals surface area (Å²) < 4.78 is 1.79. The van der Waals surface area contributed by atoms with Crippen LogP contribution >= 0.6 is 0 Å². The monoisotopic (exact) mass is 418 g/mol. The van der Waals surface area contributed by atoms with Crippen LogP contribution in [0, 0.1) is 13.8 Å². The third-order valence-electron chi connectivity index (χ3n) is 5.56. The lowest BCUT2D eigenvalue weighted by atomic mass is 10.1. The molecule has 1 aromatic heterocycles. The molecular formula is C26H34N4O. The largest absolute Gasteiger partial charge is 0.351 e. The fourth-order valence-electron chi connectivity index (χ4n) is 3.80. The van der Waals surface area contributed by atoms with Crippen molar-refractivity contribution in [3.63, 3.8) is 0 Å². The van der Waals surface area contributed by atoms with Crippen LogP contribution in [-0.2, 0) is 0 Å². The Hall–Kier alpha value is -2.92. The molecule has 3 rings (SSSR count). The van der Waals surface area contributed by atoms with Crippen LogP contribution in [0.2, 0.25) is 0 Å². The summed E-state index contributed by atoms with van der Waals surface area (Å²) in [5, 5.41) is 7.88. The van der Waals surface area contributed by atoms with Crippen molar-refractivity contribution in [2.75, 3.05) is 13.1 Å². The first kappa shape index (κ1) is 22.8. The number of carbonyl (C=O) groups is 1. The van der Waals surface area contributed by atoms with E-state index in [-0.39, 0.29) is 5.91 Å². The maximum Gasteiger partial charge on any atom is 0.255 e. The van der Waals surface area contributed by atoms with Gasteiger partial charge < -0.3 is 5.32 Å². The summed E-state index contributed by atoms with van der Waals surface area (Å²) in [5.74, 6) is -0.0959. The molecule has 5 heteroatoms. The smallest absolute Gasteiger partial charge is 0.255 e. The number of aromatic nitrogens is 2. The summed E-state index contributed by atoms with van der Waals surface area (Å²) in [4.78, 5) is 15.5. The van der Waals surface area contributed by atoms with Gasteiger partial charge in [0.1, 0.15) is 5.69 Å². The van der Waals surface area contributed by atoms with Gasteiger partial charge in [-0.2, -0.15) is 5.10 Å². The molecule has 0 spiro atoms. The molecule has 0 bridgehead atoms. The van der Waals surface area contributed by atoms with Crippen LogP contribution in [0.1, 0.15) is 49.2 Å². The Labute approximate surface area is 186 Å². The Bertz CT molecular complexity index is 993. The molecule has 5 nitrogen and oxygen atoms in total. The van der Waals surface area contributed by atoms with Gasteiger partial charge in [0, 0.05) is 36.9 Å². The minimum atomic E-state index is -0.0959. The van der Waals surface area contributed by atoms with Crippen LogP contribution in [0.3, 0.4) is 0 Å². The van der Waals surface area contributed by atoms with Gasteiger partial charge in [-0.25, -0.2) is 4.68 Å². The first-order valence-electron chi connectivity index (χ1n) is 11.0. The first-order valence-corrected chi connectivity index (χ1v) is 11.0. The van der Waals surface area contributed by atoms with E-state index in [9.17, 15) is 4.79 Å². The zero-order valence-corrected chi connectivity index (χ0v) is 19.5. The Morgan fingerprint density at radius 3 is 2.03 bits per heavy atom. The molecule has 1 heterocycles. The van der Waals surface area contributed by atoms with Gasteiger partial charge in [0.05, 0.1) is 11.3 Å². The SMILES string of the molecule is Cc1ccc(-c2nn(-c3ccc(C)cc3)cc2C(=O)NCCN(C(C)C)C(C)C)cc1. The van der Waals surface area contributed by atoms with Crippen LogP contribution in [0.4, 0.5) is 0 Å². The van der Waals surface area contributed by atoms with Gasteiger partial charge in [-0.1, -0.05) is 47.5 Å². The van der Waals surface area contributed by atoms with E-state index < -0.39 is 0 Å². The molecule has 0 radical (unpaired) electrons. The number of hydrogen-bond donors (Lipinski definition) is 1. The minimum Gasteiger partial charge on any atom is -0.351 e. The number of nitrogens with zero attached hydrogens (tertiary/aromatic N) is 3. The van der Waals surface area contributed by atoms with Crippen molar-refractivity contribution in [1.29, 1.82) is 0 Å². The second-order valence-corrected chi connectivity index (χ2v) is 8.72. The normalized spacial score (nSPS) is 11.5. The quantitative estimate of drug-likeness (QED) is 0.560. The summed E-state index contributed by atoms with van der Waals surface area (Å²) in [6.45, 7) is 14.3. The summed E-state index contributed by atoms with van der Waals surface area (Å²) in [6, 6.07) is 17.1. The van der Waals surface area contributed by atoms with Gasteiger partial charge in [0.15, 0.2) is 0 Å². The maximum absolute atomic E-state index is 13.1. The van der Waals surface area contributed by atoms with Gasteiger partial charge in [-0.15, -0.1) is 0 Å². The van der Waals surface area contributed by atoms with Crippen LogP contribution in [-0.4, -0.2) is 45.8 Å². The van der Waals surface area contributed by atoms with Crippen LogP contribution in [0.25, 0.3) is 16.9 Å². The van der Waals surface area contributed by atoms with Crippen molar-refractivity contribution in [2.45, 2.75) is 53.6 Å². The molecule has 3 aromatic rings.